The SMILES string of the molecule is C#CC(=O)N(c1cc(Cl)c(OC(F)(F)F)cc1C)C1(C(=O)O)CCCCC1. The molecule has 0 heterocycles. The van der Waals surface area contributed by atoms with E-state index in [1.807, 2.05) is 5.92 Å². The van der Waals surface area contributed by atoms with Gasteiger partial charge >= 0.3 is 18.2 Å². The van der Waals surface area contributed by atoms with Crippen LogP contribution >= 0.6 is 11.6 Å². The lowest BCUT2D eigenvalue weighted by molar-refractivity contribution is -0.274. The van der Waals surface area contributed by atoms with Gasteiger partial charge in [0.05, 0.1) is 10.7 Å². The lowest BCUT2D eigenvalue weighted by Gasteiger charge is -2.42. The van der Waals surface area contributed by atoms with Crippen molar-refractivity contribution in [3.8, 4) is 18.1 Å². The number of carbonyl (C=O) groups excluding carboxylic acids is 1. The van der Waals surface area contributed by atoms with Crippen LogP contribution in [0.5, 0.6) is 5.75 Å². The molecule has 1 aromatic carbocycles. The number of terminal acetylenes is 1. The summed E-state index contributed by atoms with van der Waals surface area (Å²) in [5.41, 5.74) is -1.36. The number of ether oxygens (including phenoxy) is 1. The highest BCUT2D eigenvalue weighted by Gasteiger charge is 2.48. The van der Waals surface area contributed by atoms with Crippen LogP contribution in [0, 0.1) is 19.3 Å². The van der Waals surface area contributed by atoms with Crippen LogP contribution in [0.25, 0.3) is 0 Å². The number of amides is 1. The number of alkyl halides is 3. The maximum absolute atomic E-state index is 12.5. The molecule has 1 aromatic rings. The third-order valence-electron chi connectivity index (χ3n) is 4.55. The number of anilines is 1. The standard InChI is InChI=1S/C18H17ClF3NO4/c1-3-15(24)23(17(16(25)26)7-5-4-6-8-17)13-10-12(19)14(9-11(13)2)27-18(20,21)22/h1,9-10H,4-8H2,2H3,(H,25,26). The number of carbonyl (C=O) groups is 2. The van der Waals surface area contributed by atoms with Crippen LogP contribution in [0.4, 0.5) is 18.9 Å². The molecular weight excluding hydrogens is 387 g/mol. The molecule has 1 aliphatic carbocycles. The quantitative estimate of drug-likeness (QED) is 0.761. The minimum absolute atomic E-state index is 0.0433. The molecule has 0 atom stereocenters. The van der Waals surface area contributed by atoms with Crippen LogP contribution in [0.2, 0.25) is 5.02 Å². The summed E-state index contributed by atoms with van der Waals surface area (Å²) < 4.78 is 41.4. The van der Waals surface area contributed by atoms with E-state index in [0.717, 1.165) is 23.5 Å². The summed E-state index contributed by atoms with van der Waals surface area (Å²) in [5.74, 6) is -0.862. The molecule has 0 aliphatic heterocycles. The average Bonchev–Trinajstić information content (AvgIpc) is 2.58. The molecule has 27 heavy (non-hydrogen) atoms. The predicted octanol–water partition coefficient (Wildman–Crippen LogP) is 4.30. The van der Waals surface area contributed by atoms with Gasteiger partial charge in [-0.15, -0.1) is 19.6 Å². The van der Waals surface area contributed by atoms with Crippen LogP contribution in [-0.2, 0) is 9.59 Å². The van der Waals surface area contributed by atoms with Gasteiger partial charge in [0.25, 0.3) is 0 Å². The summed E-state index contributed by atoms with van der Waals surface area (Å²) in [5, 5.41) is 9.45. The number of carboxylic acid groups (broad SMARTS) is 1. The summed E-state index contributed by atoms with van der Waals surface area (Å²) in [6.07, 6.45) is 2.59. The van der Waals surface area contributed by atoms with Gasteiger partial charge in [-0.1, -0.05) is 30.9 Å². The second kappa shape index (κ2) is 7.69. The Hall–Kier alpha value is -2.40. The van der Waals surface area contributed by atoms with Crippen molar-refractivity contribution in [2.75, 3.05) is 4.90 Å². The molecule has 0 radical (unpaired) electrons. The predicted molar refractivity (Wildman–Crippen MR) is 92.6 cm³/mol. The highest BCUT2D eigenvalue weighted by Crippen LogP contribution is 2.42. The molecule has 9 heteroatoms. The zero-order valence-electron chi connectivity index (χ0n) is 14.4. The van der Waals surface area contributed by atoms with E-state index in [1.165, 1.54) is 6.92 Å². The van der Waals surface area contributed by atoms with Gasteiger partial charge in [0.2, 0.25) is 0 Å². The van der Waals surface area contributed by atoms with Gasteiger partial charge in [0, 0.05) is 0 Å². The molecule has 0 unspecified atom stereocenters. The second-order valence-corrected chi connectivity index (χ2v) is 6.71. The Balaban J connectivity index is 2.61. The number of carboxylic acids is 1. The van der Waals surface area contributed by atoms with E-state index in [2.05, 4.69) is 4.74 Å². The fraction of sp³-hybridized carbons (Fsp3) is 0.444. The van der Waals surface area contributed by atoms with E-state index in [9.17, 15) is 27.9 Å². The fourth-order valence-corrected chi connectivity index (χ4v) is 3.55. The number of halogens is 4. The van der Waals surface area contributed by atoms with E-state index in [0.29, 0.717) is 12.8 Å². The van der Waals surface area contributed by atoms with Crippen molar-refractivity contribution in [2.24, 2.45) is 0 Å². The molecule has 2 rings (SSSR count). The number of benzene rings is 1. The van der Waals surface area contributed by atoms with Gasteiger partial charge in [-0.2, -0.15) is 0 Å². The first-order valence-corrected chi connectivity index (χ1v) is 8.50. The van der Waals surface area contributed by atoms with Gasteiger partial charge in [-0.3, -0.25) is 9.69 Å². The minimum Gasteiger partial charge on any atom is -0.479 e. The van der Waals surface area contributed by atoms with E-state index in [4.69, 9.17) is 18.0 Å². The zero-order valence-corrected chi connectivity index (χ0v) is 15.2. The van der Waals surface area contributed by atoms with Crippen molar-refractivity contribution < 1.29 is 32.6 Å². The maximum Gasteiger partial charge on any atom is 0.573 e. The van der Waals surface area contributed by atoms with Crippen LogP contribution < -0.4 is 9.64 Å². The number of hydrogen-bond donors (Lipinski definition) is 1. The third-order valence-corrected chi connectivity index (χ3v) is 4.85. The molecule has 1 N–H and O–H groups in total. The molecule has 5 nitrogen and oxygen atoms in total. The average molecular weight is 404 g/mol. The molecule has 1 saturated carbocycles. The Labute approximate surface area is 159 Å². The van der Waals surface area contributed by atoms with E-state index in [1.54, 1.807) is 0 Å². The topological polar surface area (TPSA) is 66.8 Å². The van der Waals surface area contributed by atoms with Gasteiger partial charge in [0.1, 0.15) is 11.3 Å². The van der Waals surface area contributed by atoms with Crippen molar-refractivity contribution in [3.05, 3.63) is 22.7 Å². The molecule has 0 saturated heterocycles. The molecular formula is C18H17ClF3NO4. The first-order valence-electron chi connectivity index (χ1n) is 8.12. The second-order valence-electron chi connectivity index (χ2n) is 6.30. The highest BCUT2D eigenvalue weighted by molar-refractivity contribution is 6.32. The van der Waals surface area contributed by atoms with Crippen LogP contribution in [-0.4, -0.2) is 28.9 Å². The summed E-state index contributed by atoms with van der Waals surface area (Å²) in [4.78, 5) is 25.5. The van der Waals surface area contributed by atoms with Gasteiger partial charge in [0.15, 0.2) is 0 Å². The highest BCUT2D eigenvalue weighted by atomic mass is 35.5. The molecule has 1 aliphatic rings. The molecule has 0 spiro atoms. The van der Waals surface area contributed by atoms with Crippen LogP contribution in [0.3, 0.4) is 0 Å². The van der Waals surface area contributed by atoms with Gasteiger partial charge < -0.3 is 9.84 Å². The molecule has 146 valence electrons. The summed E-state index contributed by atoms with van der Waals surface area (Å²) in [6, 6.07) is 2.08. The van der Waals surface area contributed by atoms with E-state index >= 15 is 0 Å². The first kappa shape index (κ1) is 20.9. The fourth-order valence-electron chi connectivity index (χ4n) is 3.36. The summed E-state index contributed by atoms with van der Waals surface area (Å²) in [7, 11) is 0. The van der Waals surface area contributed by atoms with E-state index in [-0.39, 0.29) is 24.1 Å². The number of aryl methyl sites for hydroxylation is 1. The van der Waals surface area contributed by atoms with Crippen molar-refractivity contribution >= 4 is 29.2 Å². The lowest BCUT2D eigenvalue weighted by Crippen LogP contribution is -2.58. The van der Waals surface area contributed by atoms with Crippen LogP contribution in [0.15, 0.2) is 12.1 Å². The maximum atomic E-state index is 12.5. The number of hydrogen-bond acceptors (Lipinski definition) is 3. The van der Waals surface area contributed by atoms with Gasteiger partial charge in [-0.05, 0) is 43.4 Å². The number of aliphatic carboxylic acids is 1. The van der Waals surface area contributed by atoms with E-state index < -0.39 is 34.5 Å². The summed E-state index contributed by atoms with van der Waals surface area (Å²) in [6.45, 7) is 1.42. The molecule has 0 bridgehead atoms. The Kier molecular flexibility index (Phi) is 5.95. The Morgan fingerprint density at radius 1 is 1.30 bits per heavy atom. The largest absolute Gasteiger partial charge is 0.573 e. The van der Waals surface area contributed by atoms with Gasteiger partial charge in [-0.25, -0.2) is 4.79 Å². The molecule has 1 fully saturated rings. The lowest BCUT2D eigenvalue weighted by atomic mass is 9.79. The van der Waals surface area contributed by atoms with Crippen molar-refractivity contribution in [3.63, 3.8) is 0 Å². The third kappa shape index (κ3) is 4.30. The zero-order chi connectivity index (χ0) is 20.4. The van der Waals surface area contributed by atoms with Crippen LogP contribution in [0.1, 0.15) is 37.7 Å². The molecule has 0 aromatic heterocycles. The number of rotatable bonds is 4. The number of nitrogens with zero attached hydrogens (tertiary/aromatic N) is 1. The first-order chi connectivity index (χ1) is 12.5. The summed E-state index contributed by atoms with van der Waals surface area (Å²) >= 11 is 5.90. The Morgan fingerprint density at radius 2 is 1.89 bits per heavy atom. The Bertz CT molecular complexity index is 795. The van der Waals surface area contributed by atoms with Crippen molar-refractivity contribution in [2.45, 2.75) is 50.9 Å². The normalized spacial score (nSPS) is 16.3. The minimum atomic E-state index is -4.95. The van der Waals surface area contributed by atoms with Crippen molar-refractivity contribution in [1.82, 2.24) is 0 Å². The smallest absolute Gasteiger partial charge is 0.479 e. The van der Waals surface area contributed by atoms with Crippen molar-refractivity contribution in [1.29, 1.82) is 0 Å². The molecule has 1 amide bonds. The Morgan fingerprint density at radius 3 is 2.37 bits per heavy atom. The monoisotopic (exact) mass is 403 g/mol.